The molecule has 0 bridgehead atoms. The molecule has 0 radical (unpaired) electrons. The first-order valence-electron chi connectivity index (χ1n) is 20.3. The van der Waals surface area contributed by atoms with Crippen LogP contribution in [0.25, 0.3) is 22.3 Å². The molecule has 0 heterocycles. The van der Waals surface area contributed by atoms with E-state index < -0.39 is 0 Å². The zero-order valence-corrected chi connectivity index (χ0v) is 31.6. The topological polar surface area (TPSA) is 3.24 Å². The molecule has 1 nitrogen and oxygen atoms in total. The Bertz CT molecular complexity index is 2480. The van der Waals surface area contributed by atoms with Crippen LogP contribution >= 0.6 is 0 Å². The molecule has 0 aromatic heterocycles. The summed E-state index contributed by atoms with van der Waals surface area (Å²) in [5.41, 5.74) is 20.8. The van der Waals surface area contributed by atoms with Crippen LogP contribution in [0.5, 0.6) is 0 Å². The molecule has 0 aliphatic heterocycles. The van der Waals surface area contributed by atoms with Crippen LogP contribution in [0, 0.1) is 5.92 Å². The van der Waals surface area contributed by atoms with Gasteiger partial charge in [0.1, 0.15) is 0 Å². The summed E-state index contributed by atoms with van der Waals surface area (Å²) >= 11 is 0. The van der Waals surface area contributed by atoms with Crippen molar-refractivity contribution in [2.75, 3.05) is 4.90 Å². The van der Waals surface area contributed by atoms with E-state index in [-0.39, 0.29) is 16.9 Å². The molecule has 5 aromatic carbocycles. The molecule has 3 unspecified atom stereocenters. The fourth-order valence-corrected chi connectivity index (χ4v) is 11.6. The Morgan fingerprint density at radius 2 is 1.31 bits per heavy atom. The first kappa shape index (κ1) is 32.1. The Morgan fingerprint density at radius 1 is 0.630 bits per heavy atom. The van der Waals surface area contributed by atoms with Crippen LogP contribution in [0.15, 0.2) is 163 Å². The predicted molar refractivity (Wildman–Crippen MR) is 226 cm³/mol. The van der Waals surface area contributed by atoms with Crippen LogP contribution in [-0.4, -0.2) is 6.04 Å². The van der Waals surface area contributed by atoms with E-state index in [1.165, 1.54) is 91.0 Å². The molecule has 54 heavy (non-hydrogen) atoms. The molecule has 3 atom stereocenters. The van der Waals surface area contributed by atoms with Crippen molar-refractivity contribution in [3.63, 3.8) is 0 Å². The Kier molecular flexibility index (Phi) is 7.01. The fraction of sp³-hybridized carbons (Fsp3) is 0.245. The van der Waals surface area contributed by atoms with Gasteiger partial charge >= 0.3 is 0 Å². The normalized spacial score (nSPS) is 23.2. The lowest BCUT2D eigenvalue weighted by Gasteiger charge is -2.41. The van der Waals surface area contributed by atoms with Crippen LogP contribution in [0.1, 0.15) is 97.7 Å². The van der Waals surface area contributed by atoms with Gasteiger partial charge in [0.15, 0.2) is 0 Å². The molecule has 264 valence electrons. The van der Waals surface area contributed by atoms with E-state index in [1.807, 2.05) is 0 Å². The van der Waals surface area contributed by atoms with E-state index >= 15 is 0 Å². The van der Waals surface area contributed by atoms with Gasteiger partial charge in [0.2, 0.25) is 0 Å². The van der Waals surface area contributed by atoms with Gasteiger partial charge in [-0.1, -0.05) is 154 Å². The van der Waals surface area contributed by atoms with Crippen molar-refractivity contribution in [3.05, 3.63) is 202 Å². The summed E-state index contributed by atoms with van der Waals surface area (Å²) in [7, 11) is 0. The van der Waals surface area contributed by atoms with Crippen LogP contribution in [0.4, 0.5) is 11.4 Å². The van der Waals surface area contributed by atoms with Gasteiger partial charge in [0.05, 0.1) is 11.5 Å². The predicted octanol–water partition coefficient (Wildman–Crippen LogP) is 13.4. The average molecular weight is 698 g/mol. The summed E-state index contributed by atoms with van der Waals surface area (Å²) in [5, 5.41) is 0. The van der Waals surface area contributed by atoms with Crippen molar-refractivity contribution in [3.8, 4) is 11.1 Å². The highest BCUT2D eigenvalue weighted by Crippen LogP contribution is 2.66. The molecule has 0 amide bonds. The summed E-state index contributed by atoms with van der Waals surface area (Å²) < 4.78 is 0. The molecule has 5 aromatic rings. The molecule has 0 saturated carbocycles. The monoisotopic (exact) mass is 697 g/mol. The minimum absolute atomic E-state index is 0.0603. The van der Waals surface area contributed by atoms with Gasteiger partial charge in [-0.05, 0) is 129 Å². The standard InChI is InChI=1S/C53H47N/c1-34-15-13-21-43-44-22-14-26-49(51(44)53(50(34)43)46-24-11-8-19-40(46)41-20-9-12-25-47(41)53)54(37-29-27-36(28-30-37)35-16-5-4-6-17-35)38-31-32-42-39-18-7-10-23-45(39)52(2,3)48(42)33-38/h4-5,7-14,18-30,32-35,38H,6,15-17,31H2,1-3H3. The zero-order chi connectivity index (χ0) is 36.2. The Balaban J connectivity index is 1.17. The van der Waals surface area contributed by atoms with E-state index in [0.717, 1.165) is 19.3 Å². The van der Waals surface area contributed by atoms with E-state index in [1.54, 1.807) is 5.57 Å². The number of benzene rings is 5. The number of fused-ring (bicyclic) bond motifs is 12. The number of nitrogens with zero attached hydrogens (tertiary/aromatic N) is 1. The smallest absolute Gasteiger partial charge is 0.0711 e. The SMILES string of the molecule is CC1CC=CC2=C1C1(c3ccccc3-c3ccccc31)c1c2cccc1N(c1ccc(C2CC=CCC2)cc1)C1C=C2C(=CC1)c1ccccc1C2(C)C. The first-order chi connectivity index (χ1) is 26.5. The maximum atomic E-state index is 2.74. The largest absolute Gasteiger partial charge is 0.334 e. The molecule has 0 saturated heterocycles. The number of allylic oxidation sites excluding steroid dienone is 8. The van der Waals surface area contributed by atoms with Gasteiger partial charge in [-0.3, -0.25) is 0 Å². The molecular formula is C53H47N. The second-order valence-corrected chi connectivity index (χ2v) is 17.0. The third-order valence-electron chi connectivity index (χ3n) is 13.9. The molecule has 6 aliphatic carbocycles. The lowest BCUT2D eigenvalue weighted by atomic mass is 9.65. The first-order valence-corrected chi connectivity index (χ1v) is 20.3. The van der Waals surface area contributed by atoms with Crippen LogP contribution < -0.4 is 4.90 Å². The summed E-state index contributed by atoms with van der Waals surface area (Å²) in [6.45, 7) is 7.31. The Hall–Kier alpha value is -5.40. The van der Waals surface area contributed by atoms with Crippen molar-refractivity contribution in [2.24, 2.45) is 5.92 Å². The van der Waals surface area contributed by atoms with Crippen molar-refractivity contribution in [1.29, 1.82) is 0 Å². The van der Waals surface area contributed by atoms with Crippen molar-refractivity contribution in [2.45, 2.75) is 75.7 Å². The van der Waals surface area contributed by atoms with Gasteiger partial charge in [-0.15, -0.1) is 0 Å². The highest BCUT2D eigenvalue weighted by atomic mass is 15.2. The summed E-state index contributed by atoms with van der Waals surface area (Å²) in [5.74, 6) is 1.01. The molecule has 0 fully saturated rings. The molecule has 0 N–H and O–H groups in total. The van der Waals surface area contributed by atoms with Crippen LogP contribution in [0.3, 0.4) is 0 Å². The Morgan fingerprint density at radius 3 is 2.04 bits per heavy atom. The van der Waals surface area contributed by atoms with Gasteiger partial charge in [-0.2, -0.15) is 0 Å². The van der Waals surface area contributed by atoms with E-state index in [4.69, 9.17) is 0 Å². The van der Waals surface area contributed by atoms with Gasteiger partial charge in [-0.25, -0.2) is 0 Å². The van der Waals surface area contributed by atoms with E-state index in [2.05, 4.69) is 177 Å². The molecule has 11 rings (SSSR count). The number of hydrogen-bond donors (Lipinski definition) is 0. The van der Waals surface area contributed by atoms with E-state index in [9.17, 15) is 0 Å². The molecule has 6 aliphatic rings. The highest BCUT2D eigenvalue weighted by molar-refractivity contribution is 6.00. The maximum Gasteiger partial charge on any atom is 0.0711 e. The summed E-state index contributed by atoms with van der Waals surface area (Å²) in [4.78, 5) is 2.74. The third-order valence-corrected chi connectivity index (χ3v) is 13.9. The minimum atomic E-state index is -0.364. The quantitative estimate of drug-likeness (QED) is 0.169. The van der Waals surface area contributed by atoms with Crippen molar-refractivity contribution >= 4 is 22.5 Å². The number of hydrogen-bond acceptors (Lipinski definition) is 1. The molecule has 1 spiro atoms. The number of rotatable bonds is 4. The lowest BCUT2D eigenvalue weighted by molar-refractivity contribution is 0.589. The third kappa shape index (κ3) is 4.27. The summed E-state index contributed by atoms with van der Waals surface area (Å²) in [6.07, 6.45) is 20.3. The van der Waals surface area contributed by atoms with Crippen LogP contribution in [0.2, 0.25) is 0 Å². The second-order valence-electron chi connectivity index (χ2n) is 17.0. The average Bonchev–Trinajstić information content (AvgIpc) is 3.78. The number of anilines is 2. The summed E-state index contributed by atoms with van der Waals surface area (Å²) in [6, 6.07) is 44.8. The lowest BCUT2D eigenvalue weighted by Crippen LogP contribution is -2.36. The van der Waals surface area contributed by atoms with Crippen molar-refractivity contribution in [1.82, 2.24) is 0 Å². The second kappa shape index (κ2) is 11.8. The van der Waals surface area contributed by atoms with Crippen molar-refractivity contribution < 1.29 is 0 Å². The van der Waals surface area contributed by atoms with E-state index in [0.29, 0.717) is 11.8 Å². The Labute approximate surface area is 320 Å². The fourth-order valence-electron chi connectivity index (χ4n) is 11.6. The highest BCUT2D eigenvalue weighted by Gasteiger charge is 2.55. The van der Waals surface area contributed by atoms with Gasteiger partial charge in [0.25, 0.3) is 0 Å². The minimum Gasteiger partial charge on any atom is -0.334 e. The molecule has 1 heteroatoms. The van der Waals surface area contributed by atoms with Crippen LogP contribution in [-0.2, 0) is 10.8 Å². The zero-order valence-electron chi connectivity index (χ0n) is 31.6. The maximum absolute atomic E-state index is 2.74. The van der Waals surface area contributed by atoms with Gasteiger partial charge < -0.3 is 4.90 Å². The molecular weight excluding hydrogens is 651 g/mol. The van der Waals surface area contributed by atoms with Gasteiger partial charge in [0, 0.05) is 22.4 Å².